The maximum absolute atomic E-state index is 12.7. The number of benzene rings is 2. The molecule has 13 heteroatoms. The molecule has 2 aromatic carbocycles. The number of hydrogen-bond acceptors (Lipinski definition) is 9. The molecule has 0 bridgehead atoms. The van der Waals surface area contributed by atoms with Gasteiger partial charge >= 0.3 is 5.97 Å². The fourth-order valence-electron chi connectivity index (χ4n) is 3.26. The van der Waals surface area contributed by atoms with E-state index in [1.54, 1.807) is 12.1 Å². The van der Waals surface area contributed by atoms with Gasteiger partial charge in [0, 0.05) is 17.9 Å². The number of carbonyl (C=O) groups excluding carboxylic acids is 3. The first-order valence-corrected chi connectivity index (χ1v) is 12.5. The zero-order valence-electron chi connectivity index (χ0n) is 19.7. The van der Waals surface area contributed by atoms with Crippen LogP contribution in [0.3, 0.4) is 0 Å². The number of aliphatic carboxylic acids is 1. The summed E-state index contributed by atoms with van der Waals surface area (Å²) in [5.74, 6) is -3.54. The first kappa shape index (κ1) is 29.8. The number of amides is 3. The number of phenolic OH excluding ortho intramolecular Hbond substituents is 2. The SMILES string of the molecule is NC(Cc1ccc(O)cc1)C(=O)NC(CS)C(=O)NC(CS)C(=O)NC(Cc1ccc(O)cc1)C(=O)O. The van der Waals surface area contributed by atoms with Gasteiger partial charge < -0.3 is 37.0 Å². The minimum Gasteiger partial charge on any atom is -0.508 e. The second kappa shape index (κ2) is 14.4. The van der Waals surface area contributed by atoms with Crippen LogP contribution >= 0.6 is 25.3 Å². The van der Waals surface area contributed by atoms with Gasteiger partial charge in [0.05, 0.1) is 6.04 Å². The molecule has 0 aromatic heterocycles. The van der Waals surface area contributed by atoms with Crippen molar-refractivity contribution >= 4 is 48.9 Å². The van der Waals surface area contributed by atoms with Gasteiger partial charge in [-0.15, -0.1) is 0 Å². The minimum absolute atomic E-state index is 0.0182. The molecule has 0 aliphatic carbocycles. The van der Waals surface area contributed by atoms with Crippen LogP contribution in [-0.2, 0) is 32.0 Å². The van der Waals surface area contributed by atoms with Crippen LogP contribution in [0.2, 0.25) is 0 Å². The summed E-state index contributed by atoms with van der Waals surface area (Å²) in [6, 6.07) is 7.42. The van der Waals surface area contributed by atoms with Crippen LogP contribution in [0.1, 0.15) is 11.1 Å². The predicted octanol–water partition coefficient (Wildman–Crippen LogP) is -0.391. The summed E-state index contributed by atoms with van der Waals surface area (Å²) in [7, 11) is 0. The van der Waals surface area contributed by atoms with Crippen molar-refractivity contribution in [2.24, 2.45) is 5.73 Å². The standard InChI is InChI=1S/C24H30N4O7S2/c25-17(9-13-1-5-15(29)6-2-13)21(31)27-19(11-36)23(33)28-20(12-37)22(32)26-18(24(34)35)10-14-3-7-16(30)8-4-14/h1-8,17-20,29-30,36-37H,9-12,25H2,(H,26,32)(H,27,31)(H,28,33)(H,34,35). The Bertz CT molecular complexity index is 1080. The zero-order valence-corrected chi connectivity index (χ0v) is 21.5. The van der Waals surface area contributed by atoms with E-state index in [1.165, 1.54) is 36.4 Å². The van der Waals surface area contributed by atoms with Gasteiger partial charge in [0.25, 0.3) is 0 Å². The number of carboxylic acids is 1. The number of nitrogens with one attached hydrogen (secondary N) is 3. The average molecular weight is 551 g/mol. The van der Waals surface area contributed by atoms with Crippen LogP contribution in [0, 0.1) is 0 Å². The van der Waals surface area contributed by atoms with Gasteiger partial charge in [-0.2, -0.15) is 25.3 Å². The summed E-state index contributed by atoms with van der Waals surface area (Å²) in [6.45, 7) is 0. The highest BCUT2D eigenvalue weighted by Crippen LogP contribution is 2.12. The smallest absolute Gasteiger partial charge is 0.326 e. The van der Waals surface area contributed by atoms with E-state index in [2.05, 4.69) is 41.2 Å². The normalized spacial score (nSPS) is 14.0. The fraction of sp³-hybridized carbons (Fsp3) is 0.333. The highest BCUT2D eigenvalue weighted by molar-refractivity contribution is 7.80. The molecule has 8 N–H and O–H groups in total. The molecule has 11 nitrogen and oxygen atoms in total. The third-order valence-electron chi connectivity index (χ3n) is 5.35. The molecule has 0 radical (unpaired) electrons. The van der Waals surface area contributed by atoms with Crippen molar-refractivity contribution in [3.63, 3.8) is 0 Å². The quantitative estimate of drug-likeness (QED) is 0.151. The largest absolute Gasteiger partial charge is 0.508 e. The highest BCUT2D eigenvalue weighted by Gasteiger charge is 2.29. The van der Waals surface area contributed by atoms with Gasteiger partial charge in [0.15, 0.2) is 0 Å². The van der Waals surface area contributed by atoms with Crippen molar-refractivity contribution in [3.8, 4) is 11.5 Å². The second-order valence-electron chi connectivity index (χ2n) is 8.23. The first-order valence-electron chi connectivity index (χ1n) is 11.2. The Morgan fingerprint density at radius 3 is 1.46 bits per heavy atom. The Labute approximate surface area is 224 Å². The number of thiol groups is 2. The summed E-state index contributed by atoms with van der Waals surface area (Å²) < 4.78 is 0. The molecule has 37 heavy (non-hydrogen) atoms. The van der Waals surface area contributed by atoms with E-state index in [0.717, 1.165) is 0 Å². The van der Waals surface area contributed by atoms with Gasteiger partial charge in [-0.05, 0) is 41.8 Å². The number of nitrogens with two attached hydrogens (primary N) is 1. The van der Waals surface area contributed by atoms with Gasteiger partial charge in [-0.1, -0.05) is 24.3 Å². The van der Waals surface area contributed by atoms with E-state index < -0.39 is 47.9 Å². The first-order chi connectivity index (χ1) is 17.5. The van der Waals surface area contributed by atoms with Crippen molar-refractivity contribution in [1.29, 1.82) is 0 Å². The summed E-state index contributed by atoms with van der Waals surface area (Å²) in [5.41, 5.74) is 7.22. The molecule has 0 saturated heterocycles. The van der Waals surface area contributed by atoms with Gasteiger partial charge in [0.2, 0.25) is 17.7 Å². The predicted molar refractivity (Wildman–Crippen MR) is 143 cm³/mol. The third kappa shape index (κ3) is 9.52. The third-order valence-corrected chi connectivity index (χ3v) is 6.08. The minimum atomic E-state index is -1.30. The lowest BCUT2D eigenvalue weighted by atomic mass is 10.1. The molecular formula is C24H30N4O7S2. The highest BCUT2D eigenvalue weighted by atomic mass is 32.1. The molecule has 0 saturated carbocycles. The number of aromatic hydroxyl groups is 2. The van der Waals surface area contributed by atoms with E-state index in [1.807, 2.05) is 0 Å². The summed E-state index contributed by atoms with van der Waals surface area (Å²) in [5, 5.41) is 35.6. The van der Waals surface area contributed by atoms with E-state index in [-0.39, 0.29) is 35.8 Å². The van der Waals surface area contributed by atoms with Crippen molar-refractivity contribution in [2.75, 3.05) is 11.5 Å². The lowest BCUT2D eigenvalue weighted by Crippen LogP contribution is -2.58. The molecule has 0 spiro atoms. The molecule has 0 aliphatic heterocycles. The summed E-state index contributed by atoms with van der Waals surface area (Å²) in [6.07, 6.45) is 0.106. The van der Waals surface area contributed by atoms with Crippen molar-refractivity contribution in [2.45, 2.75) is 37.0 Å². The summed E-state index contributed by atoms with van der Waals surface area (Å²) in [4.78, 5) is 49.7. The molecule has 4 unspecified atom stereocenters. The van der Waals surface area contributed by atoms with Crippen LogP contribution in [0.25, 0.3) is 0 Å². The fourth-order valence-corrected chi connectivity index (χ4v) is 3.77. The van der Waals surface area contributed by atoms with Crippen molar-refractivity contribution in [3.05, 3.63) is 59.7 Å². The molecule has 0 heterocycles. The van der Waals surface area contributed by atoms with Gasteiger partial charge in [-0.25, -0.2) is 4.79 Å². The maximum atomic E-state index is 12.7. The van der Waals surface area contributed by atoms with E-state index >= 15 is 0 Å². The monoisotopic (exact) mass is 550 g/mol. The molecular weight excluding hydrogens is 520 g/mol. The summed E-state index contributed by atoms with van der Waals surface area (Å²) >= 11 is 8.18. The van der Waals surface area contributed by atoms with Crippen molar-refractivity contribution < 1.29 is 34.5 Å². The Hall–Kier alpha value is -3.42. The van der Waals surface area contributed by atoms with Crippen LogP contribution in [-0.4, -0.2) is 74.7 Å². The van der Waals surface area contributed by atoms with Crippen molar-refractivity contribution in [1.82, 2.24) is 16.0 Å². The van der Waals surface area contributed by atoms with E-state index in [4.69, 9.17) is 5.73 Å². The van der Waals surface area contributed by atoms with E-state index in [0.29, 0.717) is 11.1 Å². The second-order valence-corrected chi connectivity index (χ2v) is 8.96. The number of rotatable bonds is 13. The molecule has 4 atom stereocenters. The van der Waals surface area contributed by atoms with Crippen LogP contribution in [0.4, 0.5) is 0 Å². The zero-order chi connectivity index (χ0) is 27.5. The molecule has 3 amide bonds. The Kier molecular flexibility index (Phi) is 11.6. The van der Waals surface area contributed by atoms with Crippen LogP contribution in [0.15, 0.2) is 48.5 Å². The lowest BCUT2D eigenvalue weighted by molar-refractivity contribution is -0.142. The topological polar surface area (TPSA) is 191 Å². The number of phenols is 2. The van der Waals surface area contributed by atoms with Gasteiger partial charge in [-0.3, -0.25) is 14.4 Å². The Balaban J connectivity index is 1.96. The molecule has 2 aromatic rings. The van der Waals surface area contributed by atoms with Crippen LogP contribution in [0.5, 0.6) is 11.5 Å². The Morgan fingerprint density at radius 2 is 1.05 bits per heavy atom. The van der Waals surface area contributed by atoms with E-state index in [9.17, 15) is 34.5 Å². The molecule has 200 valence electrons. The average Bonchev–Trinajstić information content (AvgIpc) is 2.87. The van der Waals surface area contributed by atoms with Crippen LogP contribution < -0.4 is 21.7 Å². The number of carbonyl (C=O) groups is 4. The Morgan fingerprint density at radius 1 is 0.676 bits per heavy atom. The molecule has 0 aliphatic rings. The molecule has 0 fully saturated rings. The lowest BCUT2D eigenvalue weighted by Gasteiger charge is -2.23. The maximum Gasteiger partial charge on any atom is 0.326 e. The number of hydrogen-bond donors (Lipinski definition) is 9. The van der Waals surface area contributed by atoms with Gasteiger partial charge in [0.1, 0.15) is 29.6 Å². The number of carboxylic acid groups (broad SMARTS) is 1. The molecule has 2 rings (SSSR count).